The normalized spacial score (nSPS) is 15.2. The monoisotopic (exact) mass is 513 g/mol. The summed E-state index contributed by atoms with van der Waals surface area (Å²) in [6.07, 6.45) is 0. The van der Waals surface area contributed by atoms with Crippen LogP contribution in [0.2, 0.25) is 5.02 Å². The van der Waals surface area contributed by atoms with Crippen molar-refractivity contribution < 1.29 is 8.42 Å². The van der Waals surface area contributed by atoms with E-state index in [1.165, 1.54) is 4.31 Å². The molecule has 0 N–H and O–H groups in total. The highest BCUT2D eigenvalue weighted by atomic mass is 35.5. The third-order valence-electron chi connectivity index (χ3n) is 6.21. The molecule has 0 amide bonds. The number of aromatic nitrogens is 1. The predicted molar refractivity (Wildman–Crippen MR) is 139 cm³/mol. The largest absolute Gasteiger partial charge is 0.369 e. The Morgan fingerprint density at radius 3 is 2.41 bits per heavy atom. The SMILES string of the molecule is Cc1ccc(Cl)cc1N1CCN(S(=O)(=O)c2ccc3c(c2)sc(=O)n3Cc2ccccc2)CC1. The molecule has 1 fully saturated rings. The van der Waals surface area contributed by atoms with Crippen molar-refractivity contribution in [2.45, 2.75) is 18.4 Å². The molecular formula is C25H24ClN3O3S2. The molecule has 1 aliphatic heterocycles. The van der Waals surface area contributed by atoms with Gasteiger partial charge in [0.15, 0.2) is 0 Å². The van der Waals surface area contributed by atoms with E-state index in [1.807, 2.05) is 55.5 Å². The number of aryl methyl sites for hydroxylation is 1. The predicted octanol–water partition coefficient (Wildman–Crippen LogP) is 4.58. The minimum absolute atomic E-state index is 0.0982. The van der Waals surface area contributed by atoms with Gasteiger partial charge in [0.05, 0.1) is 21.7 Å². The van der Waals surface area contributed by atoms with Crippen molar-refractivity contribution in [2.75, 3.05) is 31.1 Å². The summed E-state index contributed by atoms with van der Waals surface area (Å²) in [5.74, 6) is 0. The third-order valence-corrected chi connectivity index (χ3v) is 9.28. The number of benzene rings is 3. The van der Waals surface area contributed by atoms with Crippen molar-refractivity contribution in [3.05, 3.63) is 92.5 Å². The minimum atomic E-state index is -3.66. The van der Waals surface area contributed by atoms with Crippen LogP contribution < -0.4 is 9.77 Å². The molecule has 5 rings (SSSR count). The molecule has 1 aromatic heterocycles. The van der Waals surface area contributed by atoms with Gasteiger partial charge in [-0.2, -0.15) is 4.31 Å². The summed E-state index contributed by atoms with van der Waals surface area (Å²) in [6.45, 7) is 4.43. The summed E-state index contributed by atoms with van der Waals surface area (Å²) < 4.78 is 30.7. The van der Waals surface area contributed by atoms with Crippen molar-refractivity contribution in [3.8, 4) is 0 Å². The van der Waals surface area contributed by atoms with Crippen LogP contribution in [0.4, 0.5) is 5.69 Å². The summed E-state index contributed by atoms with van der Waals surface area (Å²) in [5.41, 5.74) is 3.92. The summed E-state index contributed by atoms with van der Waals surface area (Å²) in [6, 6.07) is 20.5. The molecule has 0 saturated carbocycles. The number of fused-ring (bicyclic) bond motifs is 1. The fourth-order valence-corrected chi connectivity index (χ4v) is 6.98. The average Bonchev–Trinajstić information content (AvgIpc) is 3.15. The van der Waals surface area contributed by atoms with Crippen molar-refractivity contribution in [1.29, 1.82) is 0 Å². The third kappa shape index (κ3) is 4.38. The lowest BCUT2D eigenvalue weighted by Gasteiger charge is -2.36. The Bertz CT molecular complexity index is 1510. The molecule has 0 bridgehead atoms. The quantitative estimate of drug-likeness (QED) is 0.392. The smallest absolute Gasteiger partial charge is 0.308 e. The number of piperazine rings is 1. The highest BCUT2D eigenvalue weighted by molar-refractivity contribution is 7.89. The maximum atomic E-state index is 13.4. The van der Waals surface area contributed by atoms with Gasteiger partial charge in [-0.25, -0.2) is 8.42 Å². The van der Waals surface area contributed by atoms with Gasteiger partial charge in [-0.15, -0.1) is 0 Å². The Labute approximate surface area is 207 Å². The molecule has 0 unspecified atom stereocenters. The molecule has 6 nitrogen and oxygen atoms in total. The van der Waals surface area contributed by atoms with Gasteiger partial charge < -0.3 is 4.90 Å². The van der Waals surface area contributed by atoms with E-state index in [1.54, 1.807) is 22.8 Å². The van der Waals surface area contributed by atoms with E-state index >= 15 is 0 Å². The topological polar surface area (TPSA) is 62.6 Å². The number of halogens is 1. The number of thiazole rings is 1. The van der Waals surface area contributed by atoms with Gasteiger partial charge in [-0.1, -0.05) is 59.3 Å². The second-order valence-electron chi connectivity index (χ2n) is 8.39. The second-order valence-corrected chi connectivity index (χ2v) is 11.8. The van der Waals surface area contributed by atoms with Crippen molar-refractivity contribution >= 4 is 48.9 Å². The molecule has 1 aliphatic rings. The summed E-state index contributed by atoms with van der Waals surface area (Å²) in [4.78, 5) is 14.9. The minimum Gasteiger partial charge on any atom is -0.369 e. The Morgan fingerprint density at radius 2 is 1.68 bits per heavy atom. The van der Waals surface area contributed by atoms with Crippen LogP contribution in [0.3, 0.4) is 0 Å². The van der Waals surface area contributed by atoms with Crippen LogP contribution in [0.5, 0.6) is 0 Å². The molecule has 0 atom stereocenters. The zero-order valence-corrected chi connectivity index (χ0v) is 21.0. The van der Waals surface area contributed by atoms with Gasteiger partial charge in [0.1, 0.15) is 0 Å². The van der Waals surface area contributed by atoms with Crippen molar-refractivity contribution in [2.24, 2.45) is 0 Å². The lowest BCUT2D eigenvalue weighted by molar-refractivity contribution is 0.385. The van der Waals surface area contributed by atoms with E-state index in [9.17, 15) is 13.2 Å². The molecule has 4 aromatic rings. The Morgan fingerprint density at radius 1 is 0.941 bits per heavy atom. The fraction of sp³-hybridized carbons (Fsp3) is 0.240. The van der Waals surface area contributed by atoms with Gasteiger partial charge in [-0.05, 0) is 48.4 Å². The van der Waals surface area contributed by atoms with Crippen LogP contribution in [0.1, 0.15) is 11.1 Å². The van der Waals surface area contributed by atoms with E-state index < -0.39 is 10.0 Å². The van der Waals surface area contributed by atoms with Crippen LogP contribution in [0.25, 0.3) is 10.2 Å². The Balaban J connectivity index is 1.37. The number of anilines is 1. The van der Waals surface area contributed by atoms with Crippen LogP contribution in [0, 0.1) is 6.92 Å². The lowest BCUT2D eigenvalue weighted by atomic mass is 10.1. The van der Waals surface area contributed by atoms with Crippen LogP contribution in [-0.2, 0) is 16.6 Å². The van der Waals surface area contributed by atoms with Crippen LogP contribution in [0.15, 0.2) is 76.4 Å². The molecule has 0 spiro atoms. The second kappa shape index (κ2) is 9.19. The van der Waals surface area contributed by atoms with Gasteiger partial charge in [0.2, 0.25) is 10.0 Å². The molecule has 34 heavy (non-hydrogen) atoms. The summed E-state index contributed by atoms with van der Waals surface area (Å²) in [5, 5.41) is 0.669. The molecule has 9 heteroatoms. The standard InChI is InChI=1S/C25H24ClN3O3S2/c1-18-7-8-20(26)15-23(18)27-11-13-28(14-12-27)34(31,32)21-9-10-22-24(16-21)33-25(30)29(22)17-19-5-3-2-4-6-19/h2-10,15-16H,11-14,17H2,1H3. The maximum absolute atomic E-state index is 13.4. The highest BCUT2D eigenvalue weighted by Gasteiger charge is 2.29. The number of sulfonamides is 1. The van der Waals surface area contributed by atoms with E-state index in [4.69, 9.17) is 11.6 Å². The maximum Gasteiger partial charge on any atom is 0.308 e. The lowest BCUT2D eigenvalue weighted by Crippen LogP contribution is -2.48. The first-order valence-corrected chi connectivity index (χ1v) is 13.6. The molecule has 176 valence electrons. The first-order chi connectivity index (χ1) is 16.3. The molecule has 0 radical (unpaired) electrons. The molecule has 3 aromatic carbocycles. The number of hydrogen-bond acceptors (Lipinski definition) is 5. The fourth-order valence-electron chi connectivity index (χ4n) is 4.36. The number of hydrogen-bond donors (Lipinski definition) is 0. The first kappa shape index (κ1) is 23.1. The number of nitrogens with zero attached hydrogens (tertiary/aromatic N) is 3. The van der Waals surface area contributed by atoms with E-state index in [0.717, 1.165) is 33.7 Å². The van der Waals surface area contributed by atoms with E-state index in [2.05, 4.69) is 4.90 Å². The Kier molecular flexibility index (Phi) is 6.24. The average molecular weight is 514 g/mol. The summed E-state index contributed by atoms with van der Waals surface area (Å²) >= 11 is 7.25. The molecule has 0 aliphatic carbocycles. The van der Waals surface area contributed by atoms with Crippen LogP contribution >= 0.6 is 22.9 Å². The van der Waals surface area contributed by atoms with Gasteiger partial charge in [-0.3, -0.25) is 9.36 Å². The zero-order chi connectivity index (χ0) is 23.9. The van der Waals surface area contributed by atoms with Gasteiger partial charge >= 0.3 is 4.87 Å². The van der Waals surface area contributed by atoms with Gasteiger partial charge in [0, 0.05) is 36.9 Å². The molecule has 2 heterocycles. The molecular weight excluding hydrogens is 490 g/mol. The summed E-state index contributed by atoms with van der Waals surface area (Å²) in [7, 11) is -3.66. The zero-order valence-electron chi connectivity index (χ0n) is 18.6. The van der Waals surface area contributed by atoms with Crippen molar-refractivity contribution in [3.63, 3.8) is 0 Å². The highest BCUT2D eigenvalue weighted by Crippen LogP contribution is 2.28. The Hall–Kier alpha value is -2.65. The van der Waals surface area contributed by atoms with E-state index in [-0.39, 0.29) is 9.77 Å². The molecule has 1 saturated heterocycles. The van der Waals surface area contributed by atoms with Crippen LogP contribution in [-0.4, -0.2) is 43.5 Å². The van der Waals surface area contributed by atoms with Gasteiger partial charge in [0.25, 0.3) is 0 Å². The first-order valence-electron chi connectivity index (χ1n) is 11.0. The van der Waals surface area contributed by atoms with E-state index in [0.29, 0.717) is 42.4 Å². The number of rotatable bonds is 5. The van der Waals surface area contributed by atoms with Crippen molar-refractivity contribution in [1.82, 2.24) is 8.87 Å².